The average Bonchev–Trinajstić information content (AvgIpc) is 2.40. The van der Waals surface area contributed by atoms with Gasteiger partial charge in [-0.1, -0.05) is 6.07 Å². The third-order valence-electron chi connectivity index (χ3n) is 2.79. The fourth-order valence-electron chi connectivity index (χ4n) is 1.64. The molecule has 0 aliphatic heterocycles. The number of rotatable bonds is 9. The van der Waals surface area contributed by atoms with Gasteiger partial charge in [-0.3, -0.25) is 0 Å². The lowest BCUT2D eigenvalue weighted by molar-refractivity contribution is 0.0693. The van der Waals surface area contributed by atoms with Crippen LogP contribution >= 0.6 is 0 Å². The molecule has 5 heteroatoms. The van der Waals surface area contributed by atoms with Crippen molar-refractivity contribution in [3.63, 3.8) is 0 Å². The van der Waals surface area contributed by atoms with Gasteiger partial charge < -0.3 is 14.8 Å². The predicted molar refractivity (Wildman–Crippen MR) is 70.1 cm³/mol. The summed E-state index contributed by atoms with van der Waals surface area (Å²) in [5.41, 5.74) is 0.735. The number of hydrogen-bond acceptors (Lipinski definition) is 3. The maximum atomic E-state index is 13.1. The van der Waals surface area contributed by atoms with Crippen molar-refractivity contribution in [2.24, 2.45) is 0 Å². The normalized spacial score (nSPS) is 12.6. The maximum Gasteiger partial charge on any atom is 0.159 e. The minimum absolute atomic E-state index is 0.0194. The Hall–Kier alpha value is -1.04. The van der Waals surface area contributed by atoms with Crippen LogP contribution in [-0.4, -0.2) is 33.5 Å². The molecule has 1 aromatic rings. The van der Waals surface area contributed by atoms with Crippen LogP contribution in [0.3, 0.4) is 0 Å². The predicted octanol–water partition coefficient (Wildman–Crippen LogP) is 2.67. The standard InChI is InChI=1S/C14H21F2NO2/c1-11(12-4-5-13(15)14(16)10-12)17-6-3-7-19-9-8-18-2/h4-5,10-11,17H,3,6-9H2,1-2H3. The van der Waals surface area contributed by atoms with Crippen LogP contribution in [0.4, 0.5) is 8.78 Å². The molecule has 0 aliphatic carbocycles. The number of methoxy groups -OCH3 is 1. The molecule has 1 atom stereocenters. The molecule has 1 N–H and O–H groups in total. The fourth-order valence-corrected chi connectivity index (χ4v) is 1.64. The third kappa shape index (κ3) is 6.09. The Labute approximate surface area is 112 Å². The number of hydrogen-bond donors (Lipinski definition) is 1. The Morgan fingerprint density at radius 2 is 1.95 bits per heavy atom. The fraction of sp³-hybridized carbons (Fsp3) is 0.571. The first-order valence-corrected chi connectivity index (χ1v) is 6.40. The molecule has 1 aromatic carbocycles. The molecule has 1 unspecified atom stereocenters. The lowest BCUT2D eigenvalue weighted by Crippen LogP contribution is -2.21. The van der Waals surface area contributed by atoms with Crippen LogP contribution in [0.25, 0.3) is 0 Å². The molecule has 0 heterocycles. The summed E-state index contributed by atoms with van der Waals surface area (Å²) in [5, 5.41) is 3.24. The molecule has 108 valence electrons. The van der Waals surface area contributed by atoms with E-state index in [9.17, 15) is 8.78 Å². The van der Waals surface area contributed by atoms with Gasteiger partial charge in [0, 0.05) is 19.8 Å². The molecule has 0 fully saturated rings. The Balaban J connectivity index is 2.20. The molecule has 0 saturated heterocycles. The van der Waals surface area contributed by atoms with Crippen LogP contribution in [0.15, 0.2) is 18.2 Å². The van der Waals surface area contributed by atoms with Crippen molar-refractivity contribution in [3.8, 4) is 0 Å². The molecule has 0 spiro atoms. The van der Waals surface area contributed by atoms with Gasteiger partial charge in [-0.15, -0.1) is 0 Å². The van der Waals surface area contributed by atoms with Crippen molar-refractivity contribution in [3.05, 3.63) is 35.4 Å². The number of benzene rings is 1. The van der Waals surface area contributed by atoms with Gasteiger partial charge in [0.05, 0.1) is 13.2 Å². The first-order valence-electron chi connectivity index (χ1n) is 6.40. The lowest BCUT2D eigenvalue weighted by Gasteiger charge is -2.14. The van der Waals surface area contributed by atoms with Crippen LogP contribution in [0.5, 0.6) is 0 Å². The van der Waals surface area contributed by atoms with Crippen molar-refractivity contribution in [2.45, 2.75) is 19.4 Å². The van der Waals surface area contributed by atoms with Gasteiger partial charge in [-0.05, 0) is 37.6 Å². The first-order chi connectivity index (χ1) is 9.15. The van der Waals surface area contributed by atoms with E-state index >= 15 is 0 Å². The molecule has 1 rings (SSSR count). The SMILES string of the molecule is COCCOCCCNC(C)c1ccc(F)c(F)c1. The van der Waals surface area contributed by atoms with E-state index in [1.54, 1.807) is 13.2 Å². The van der Waals surface area contributed by atoms with Crippen molar-refractivity contribution in [1.82, 2.24) is 5.32 Å². The van der Waals surface area contributed by atoms with E-state index in [1.165, 1.54) is 6.07 Å². The number of nitrogens with one attached hydrogen (secondary N) is 1. The van der Waals surface area contributed by atoms with E-state index in [1.807, 2.05) is 6.92 Å². The third-order valence-corrected chi connectivity index (χ3v) is 2.79. The summed E-state index contributed by atoms with van der Waals surface area (Å²) >= 11 is 0. The van der Waals surface area contributed by atoms with Gasteiger partial charge in [-0.2, -0.15) is 0 Å². The van der Waals surface area contributed by atoms with Gasteiger partial charge in [0.2, 0.25) is 0 Å². The second-order valence-electron chi connectivity index (χ2n) is 4.31. The van der Waals surface area contributed by atoms with E-state index in [2.05, 4.69) is 5.32 Å². The van der Waals surface area contributed by atoms with E-state index in [0.29, 0.717) is 19.8 Å². The van der Waals surface area contributed by atoms with Gasteiger partial charge in [0.15, 0.2) is 11.6 Å². The largest absolute Gasteiger partial charge is 0.382 e. The molecule has 0 bridgehead atoms. The van der Waals surface area contributed by atoms with Crippen molar-refractivity contribution in [2.75, 3.05) is 33.5 Å². The summed E-state index contributed by atoms with van der Waals surface area (Å²) in [6.45, 7) is 4.51. The van der Waals surface area contributed by atoms with E-state index in [0.717, 1.165) is 24.6 Å². The summed E-state index contributed by atoms with van der Waals surface area (Å²) in [6.07, 6.45) is 0.859. The van der Waals surface area contributed by atoms with Crippen LogP contribution in [0.1, 0.15) is 24.9 Å². The smallest absolute Gasteiger partial charge is 0.159 e. The maximum absolute atomic E-state index is 13.1. The highest BCUT2D eigenvalue weighted by Crippen LogP contribution is 2.15. The summed E-state index contributed by atoms with van der Waals surface area (Å²) in [4.78, 5) is 0. The zero-order valence-corrected chi connectivity index (χ0v) is 11.4. The highest BCUT2D eigenvalue weighted by Gasteiger charge is 2.08. The van der Waals surface area contributed by atoms with Gasteiger partial charge in [0.25, 0.3) is 0 Å². The van der Waals surface area contributed by atoms with Crippen LogP contribution < -0.4 is 5.32 Å². The molecular weight excluding hydrogens is 252 g/mol. The number of halogens is 2. The second-order valence-corrected chi connectivity index (χ2v) is 4.31. The highest BCUT2D eigenvalue weighted by molar-refractivity contribution is 5.20. The minimum atomic E-state index is -0.817. The van der Waals surface area contributed by atoms with Crippen molar-refractivity contribution < 1.29 is 18.3 Å². The van der Waals surface area contributed by atoms with E-state index in [4.69, 9.17) is 9.47 Å². The molecule has 0 aliphatic rings. The molecule has 0 saturated carbocycles. The average molecular weight is 273 g/mol. The van der Waals surface area contributed by atoms with Gasteiger partial charge >= 0.3 is 0 Å². The quantitative estimate of drug-likeness (QED) is 0.702. The van der Waals surface area contributed by atoms with Gasteiger partial charge in [0.1, 0.15) is 0 Å². The Morgan fingerprint density at radius 1 is 1.16 bits per heavy atom. The highest BCUT2D eigenvalue weighted by atomic mass is 19.2. The molecule has 0 radical (unpaired) electrons. The van der Waals surface area contributed by atoms with Crippen LogP contribution in [0, 0.1) is 11.6 Å². The van der Waals surface area contributed by atoms with Crippen LogP contribution in [-0.2, 0) is 9.47 Å². The molecule has 0 amide bonds. The summed E-state index contributed by atoms with van der Waals surface area (Å²) in [5.74, 6) is -1.63. The van der Waals surface area contributed by atoms with Gasteiger partial charge in [-0.25, -0.2) is 8.78 Å². The summed E-state index contributed by atoms with van der Waals surface area (Å²) in [7, 11) is 1.63. The molecule has 0 aromatic heterocycles. The number of ether oxygens (including phenoxy) is 2. The minimum Gasteiger partial charge on any atom is -0.382 e. The molecule has 3 nitrogen and oxygen atoms in total. The Morgan fingerprint density at radius 3 is 2.63 bits per heavy atom. The Kier molecular flexibility index (Phi) is 7.55. The van der Waals surface area contributed by atoms with E-state index in [-0.39, 0.29) is 6.04 Å². The first kappa shape index (κ1) is 16.0. The zero-order chi connectivity index (χ0) is 14.1. The van der Waals surface area contributed by atoms with Crippen molar-refractivity contribution in [1.29, 1.82) is 0 Å². The molecule has 19 heavy (non-hydrogen) atoms. The molecular formula is C14H21F2NO2. The lowest BCUT2D eigenvalue weighted by atomic mass is 10.1. The summed E-state index contributed by atoms with van der Waals surface area (Å²) < 4.78 is 36.0. The monoisotopic (exact) mass is 273 g/mol. The topological polar surface area (TPSA) is 30.5 Å². The second kappa shape index (κ2) is 8.96. The Bertz CT molecular complexity index is 374. The van der Waals surface area contributed by atoms with Crippen molar-refractivity contribution >= 4 is 0 Å². The van der Waals surface area contributed by atoms with E-state index < -0.39 is 11.6 Å². The summed E-state index contributed by atoms with van der Waals surface area (Å²) in [6, 6.07) is 3.94. The van der Waals surface area contributed by atoms with Crippen LogP contribution in [0.2, 0.25) is 0 Å². The zero-order valence-electron chi connectivity index (χ0n) is 11.4.